The van der Waals surface area contributed by atoms with Gasteiger partial charge in [-0.2, -0.15) is 0 Å². The molecule has 1 heterocycles. The Labute approximate surface area is 200 Å². The molecule has 0 unspecified atom stereocenters. The second-order valence-corrected chi connectivity index (χ2v) is 8.77. The molecule has 0 saturated heterocycles. The van der Waals surface area contributed by atoms with Crippen LogP contribution in [0.1, 0.15) is 41.4 Å². The molecule has 0 saturated carbocycles. The van der Waals surface area contributed by atoms with Gasteiger partial charge in [-0.3, -0.25) is 0 Å². The molecule has 0 aliphatic carbocycles. The van der Waals surface area contributed by atoms with E-state index in [0.29, 0.717) is 11.8 Å². The van der Waals surface area contributed by atoms with Crippen molar-refractivity contribution in [1.82, 2.24) is 9.97 Å². The van der Waals surface area contributed by atoms with E-state index in [2.05, 4.69) is 28.2 Å². The van der Waals surface area contributed by atoms with Crippen LogP contribution in [-0.4, -0.2) is 9.97 Å². The molecule has 0 radical (unpaired) electrons. The van der Waals surface area contributed by atoms with Crippen molar-refractivity contribution < 1.29 is 4.39 Å². The highest BCUT2D eigenvalue weighted by molar-refractivity contribution is 6.30. The maximum Gasteiger partial charge on any atom is 0.134 e. The second-order valence-electron chi connectivity index (χ2n) is 8.34. The fourth-order valence-electron chi connectivity index (χ4n) is 3.98. The van der Waals surface area contributed by atoms with Crippen molar-refractivity contribution in [3.05, 3.63) is 118 Å². The molecule has 3 aromatic carbocycles. The van der Waals surface area contributed by atoms with Crippen LogP contribution in [0.15, 0.2) is 79.1 Å². The summed E-state index contributed by atoms with van der Waals surface area (Å²) in [7, 11) is 0. The molecule has 0 fully saturated rings. The SMILES string of the molecule is C/C=C/CCc1cnc(CCc2ccc3c(F)c(CCc4ccc(Cl)cc4)ccc3c2)nc1. The smallest absolute Gasteiger partial charge is 0.134 e. The molecule has 0 bridgehead atoms. The van der Waals surface area contributed by atoms with Crippen LogP contribution in [0.3, 0.4) is 0 Å². The molecule has 168 valence electrons. The Bertz CT molecular complexity index is 1230. The van der Waals surface area contributed by atoms with Crippen LogP contribution < -0.4 is 0 Å². The van der Waals surface area contributed by atoms with Gasteiger partial charge in [0.1, 0.15) is 11.6 Å². The predicted octanol–water partition coefficient (Wildman–Crippen LogP) is 7.50. The number of aryl methyl sites for hydroxylation is 5. The minimum absolute atomic E-state index is 0.121. The van der Waals surface area contributed by atoms with Crippen molar-refractivity contribution in [3.8, 4) is 0 Å². The molecular weight excluding hydrogens is 431 g/mol. The average Bonchev–Trinajstić information content (AvgIpc) is 2.84. The van der Waals surface area contributed by atoms with Crippen molar-refractivity contribution in [3.63, 3.8) is 0 Å². The van der Waals surface area contributed by atoms with Gasteiger partial charge in [0.2, 0.25) is 0 Å². The fraction of sp³-hybridized carbons (Fsp3) is 0.241. The van der Waals surface area contributed by atoms with E-state index in [1.807, 2.05) is 67.8 Å². The average molecular weight is 459 g/mol. The molecule has 0 aliphatic heterocycles. The topological polar surface area (TPSA) is 25.8 Å². The Hall–Kier alpha value is -3.04. The summed E-state index contributed by atoms with van der Waals surface area (Å²) in [6.45, 7) is 2.03. The van der Waals surface area contributed by atoms with Crippen molar-refractivity contribution in [1.29, 1.82) is 0 Å². The highest BCUT2D eigenvalue weighted by Gasteiger charge is 2.09. The number of nitrogens with zero attached hydrogens (tertiary/aromatic N) is 2. The first-order valence-corrected chi connectivity index (χ1v) is 11.9. The van der Waals surface area contributed by atoms with Crippen LogP contribution in [0.5, 0.6) is 0 Å². The standard InChI is InChI=1S/C29H28ClFN2/c1-2-3-4-5-23-19-32-28(33-20-23)17-10-22-9-16-27-25(18-22)13-12-24(29(27)31)11-6-21-7-14-26(30)15-8-21/h2-3,7-9,12-16,18-20H,4-6,10-11,17H2,1H3/b3-2+. The molecule has 0 spiro atoms. The van der Waals surface area contributed by atoms with E-state index in [1.165, 1.54) is 0 Å². The first-order chi connectivity index (χ1) is 16.1. The van der Waals surface area contributed by atoms with Crippen LogP contribution >= 0.6 is 11.6 Å². The number of allylic oxidation sites excluding steroid dienone is 2. The van der Waals surface area contributed by atoms with Gasteiger partial charge >= 0.3 is 0 Å². The van der Waals surface area contributed by atoms with E-state index in [9.17, 15) is 0 Å². The van der Waals surface area contributed by atoms with Gasteiger partial charge in [-0.05, 0) is 78.8 Å². The fourth-order valence-corrected chi connectivity index (χ4v) is 4.10. The molecule has 4 rings (SSSR count). The quantitative estimate of drug-likeness (QED) is 0.242. The lowest BCUT2D eigenvalue weighted by Crippen LogP contribution is -2.00. The van der Waals surface area contributed by atoms with E-state index >= 15 is 4.39 Å². The summed E-state index contributed by atoms with van der Waals surface area (Å²) in [6.07, 6.45) is 13.1. The Kier molecular flexibility index (Phi) is 7.85. The van der Waals surface area contributed by atoms with E-state index in [0.717, 1.165) is 70.6 Å². The van der Waals surface area contributed by atoms with Gasteiger partial charge in [-0.25, -0.2) is 14.4 Å². The Morgan fingerprint density at radius 3 is 2.27 bits per heavy atom. The molecular formula is C29H28ClFN2. The first-order valence-electron chi connectivity index (χ1n) is 11.5. The van der Waals surface area contributed by atoms with E-state index in [1.54, 1.807) is 0 Å². The molecule has 4 aromatic rings. The zero-order valence-corrected chi connectivity index (χ0v) is 19.7. The molecule has 0 atom stereocenters. The summed E-state index contributed by atoms with van der Waals surface area (Å²) in [5.74, 6) is 0.721. The van der Waals surface area contributed by atoms with Gasteiger partial charge in [-0.15, -0.1) is 0 Å². The summed E-state index contributed by atoms with van der Waals surface area (Å²) in [5, 5.41) is 2.32. The molecule has 0 aliphatic rings. The lowest BCUT2D eigenvalue weighted by atomic mass is 9.98. The lowest BCUT2D eigenvalue weighted by Gasteiger charge is -2.09. The minimum atomic E-state index is -0.121. The summed E-state index contributed by atoms with van der Waals surface area (Å²) in [6, 6.07) is 17.7. The van der Waals surface area contributed by atoms with Crippen molar-refractivity contribution in [2.24, 2.45) is 0 Å². The third kappa shape index (κ3) is 6.27. The highest BCUT2D eigenvalue weighted by Crippen LogP contribution is 2.24. The first kappa shape index (κ1) is 23.1. The maximum atomic E-state index is 15.1. The molecule has 2 nitrogen and oxygen atoms in total. The monoisotopic (exact) mass is 458 g/mol. The molecule has 33 heavy (non-hydrogen) atoms. The number of aromatic nitrogens is 2. The van der Waals surface area contributed by atoms with Crippen molar-refractivity contribution >= 4 is 22.4 Å². The minimum Gasteiger partial charge on any atom is -0.241 e. The number of hydrogen-bond acceptors (Lipinski definition) is 2. The summed E-state index contributed by atoms with van der Waals surface area (Å²) in [5.41, 5.74) is 4.22. The largest absolute Gasteiger partial charge is 0.241 e. The number of fused-ring (bicyclic) bond motifs is 1. The van der Waals surface area contributed by atoms with Crippen molar-refractivity contribution in [2.75, 3.05) is 0 Å². The summed E-state index contributed by atoms with van der Waals surface area (Å²) < 4.78 is 15.1. The van der Waals surface area contributed by atoms with Crippen LogP contribution in [0.4, 0.5) is 4.39 Å². The normalized spacial score (nSPS) is 11.5. The molecule has 0 N–H and O–H groups in total. The van der Waals surface area contributed by atoms with Crippen LogP contribution in [0.2, 0.25) is 5.02 Å². The Balaban J connectivity index is 1.38. The molecule has 0 amide bonds. The van der Waals surface area contributed by atoms with Gasteiger partial charge in [0.25, 0.3) is 0 Å². The van der Waals surface area contributed by atoms with Gasteiger partial charge in [0, 0.05) is 29.2 Å². The number of rotatable bonds is 9. The summed E-state index contributed by atoms with van der Waals surface area (Å²) in [4.78, 5) is 9.02. The third-order valence-corrected chi connectivity index (χ3v) is 6.18. The molecule has 4 heteroatoms. The van der Waals surface area contributed by atoms with Crippen LogP contribution in [0, 0.1) is 5.82 Å². The van der Waals surface area contributed by atoms with Gasteiger partial charge < -0.3 is 0 Å². The Morgan fingerprint density at radius 1 is 0.788 bits per heavy atom. The van der Waals surface area contributed by atoms with E-state index in [4.69, 9.17) is 11.6 Å². The zero-order valence-electron chi connectivity index (χ0n) is 18.9. The van der Waals surface area contributed by atoms with Crippen molar-refractivity contribution in [2.45, 2.75) is 45.4 Å². The van der Waals surface area contributed by atoms with Gasteiger partial charge in [0.15, 0.2) is 0 Å². The van der Waals surface area contributed by atoms with Gasteiger partial charge in [0.05, 0.1) is 0 Å². The number of benzene rings is 3. The highest BCUT2D eigenvalue weighted by atomic mass is 35.5. The number of hydrogen-bond donors (Lipinski definition) is 0. The van der Waals surface area contributed by atoms with E-state index < -0.39 is 0 Å². The van der Waals surface area contributed by atoms with E-state index in [-0.39, 0.29) is 5.82 Å². The zero-order chi connectivity index (χ0) is 23.0. The second kappa shape index (κ2) is 11.2. The Morgan fingerprint density at radius 2 is 1.52 bits per heavy atom. The summed E-state index contributed by atoms with van der Waals surface area (Å²) >= 11 is 5.95. The third-order valence-electron chi connectivity index (χ3n) is 5.93. The number of halogens is 2. The van der Waals surface area contributed by atoms with Crippen LogP contribution in [0.25, 0.3) is 10.8 Å². The molecule has 1 aromatic heterocycles. The van der Waals surface area contributed by atoms with Crippen LogP contribution in [-0.2, 0) is 32.1 Å². The van der Waals surface area contributed by atoms with Gasteiger partial charge in [-0.1, -0.05) is 66.2 Å². The predicted molar refractivity (Wildman–Crippen MR) is 135 cm³/mol. The lowest BCUT2D eigenvalue weighted by molar-refractivity contribution is 0.620. The maximum absolute atomic E-state index is 15.1.